The molecule has 0 amide bonds. The summed E-state index contributed by atoms with van der Waals surface area (Å²) in [6.45, 7) is 28.5. The number of fused-ring (bicyclic) bond motifs is 11. The maximum Gasteiger partial charge on any atom is -0.000718 e. The van der Waals surface area contributed by atoms with E-state index >= 15 is 0 Å². The highest BCUT2D eigenvalue weighted by Gasteiger charge is 2.35. The molecule has 0 heterocycles. The molecule has 0 nitrogen and oxygen atoms in total. The number of hydrogen-bond donors (Lipinski definition) is 0. The lowest BCUT2D eigenvalue weighted by Crippen LogP contribution is -2.17. The second-order valence-electron chi connectivity index (χ2n) is 25.0. The molecule has 12 aromatic rings. The van der Waals surface area contributed by atoms with Gasteiger partial charge in [-0.3, -0.25) is 0 Å². The Bertz CT molecular complexity index is 4170. The molecule has 0 spiro atoms. The van der Waals surface area contributed by atoms with Crippen molar-refractivity contribution in [2.45, 2.75) is 105 Å². The maximum absolute atomic E-state index is 2.63. The molecule has 0 saturated heterocycles. The first-order chi connectivity index (χ1) is 33.2. The zero-order valence-electron chi connectivity index (χ0n) is 43.0. The van der Waals surface area contributed by atoms with Crippen LogP contribution in [-0.4, -0.2) is 0 Å². The van der Waals surface area contributed by atoms with Gasteiger partial charge < -0.3 is 0 Å². The van der Waals surface area contributed by atoms with Crippen LogP contribution in [0.2, 0.25) is 0 Å². The zero-order chi connectivity index (χ0) is 48.6. The highest BCUT2D eigenvalue weighted by atomic mass is 14.4. The summed E-state index contributed by atoms with van der Waals surface area (Å²) >= 11 is 0. The van der Waals surface area contributed by atoms with Crippen molar-refractivity contribution in [1.82, 2.24) is 0 Å². The lowest BCUT2D eigenvalue weighted by atomic mass is 9.75. The van der Waals surface area contributed by atoms with Gasteiger partial charge in [0.2, 0.25) is 0 Å². The van der Waals surface area contributed by atoms with Crippen LogP contribution in [0.25, 0.3) is 131 Å². The van der Waals surface area contributed by atoms with Crippen LogP contribution in [0, 0.1) is 0 Å². The van der Waals surface area contributed by atoms with Crippen molar-refractivity contribution < 1.29 is 0 Å². The molecule has 0 saturated carbocycles. The average Bonchev–Trinajstić information content (AvgIpc) is 3.64. The van der Waals surface area contributed by atoms with Crippen molar-refractivity contribution in [3.05, 3.63) is 180 Å². The minimum Gasteiger partial charge on any atom is -0.0616 e. The summed E-state index contributed by atoms with van der Waals surface area (Å²) in [5.74, 6) is 0. The minimum absolute atomic E-state index is 0.0654. The molecule has 0 unspecified atom stereocenters. The van der Waals surface area contributed by atoms with Crippen LogP contribution in [0.15, 0.2) is 158 Å². The fourth-order valence-corrected chi connectivity index (χ4v) is 12.3. The lowest BCUT2D eigenvalue weighted by molar-refractivity contribution is 0.568. The minimum atomic E-state index is -0.0656. The first-order valence-electron chi connectivity index (χ1n) is 25.6. The Labute approximate surface area is 413 Å². The van der Waals surface area contributed by atoms with Crippen LogP contribution < -0.4 is 0 Å². The Morgan fingerprint density at radius 2 is 0.614 bits per heavy atom. The van der Waals surface area contributed by atoms with Crippen molar-refractivity contribution in [2.75, 3.05) is 0 Å². The number of rotatable bonds is 2. The molecule has 0 fully saturated rings. The molecule has 13 rings (SSSR count). The quantitative estimate of drug-likeness (QED) is 0.120. The van der Waals surface area contributed by atoms with E-state index in [0.29, 0.717) is 0 Å². The van der Waals surface area contributed by atoms with E-state index in [1.54, 1.807) is 0 Å². The molecule has 342 valence electrons. The summed E-state index contributed by atoms with van der Waals surface area (Å²) in [5.41, 5.74) is 15.8. The first kappa shape index (κ1) is 43.0. The van der Waals surface area contributed by atoms with Crippen molar-refractivity contribution in [1.29, 1.82) is 0 Å². The molecule has 0 radical (unpaired) electrons. The van der Waals surface area contributed by atoms with Gasteiger partial charge in [-0.2, -0.15) is 0 Å². The van der Waals surface area contributed by atoms with Crippen LogP contribution >= 0.6 is 0 Å². The van der Waals surface area contributed by atoms with Gasteiger partial charge in [-0.05, 0) is 205 Å². The highest BCUT2D eigenvalue weighted by Crippen LogP contribution is 2.61. The molecule has 12 aromatic carbocycles. The normalized spacial score (nSPS) is 13.4. The molecule has 0 aromatic heterocycles. The Kier molecular flexibility index (Phi) is 8.79. The maximum atomic E-state index is 2.63. The van der Waals surface area contributed by atoms with Gasteiger partial charge in [0.25, 0.3) is 0 Å². The second-order valence-corrected chi connectivity index (χ2v) is 25.0. The standard InChI is InChI=1S/C70H62/c1-67(2,3)46-28-44(29-47(35-46)68(4,5)6)61-58-38-56-54-33-42-19-14-13-18-41(42)32-53(54)50-22-15-16-23-51(50)55(56)37-57(58)62(45-30-48(69(7,8)9)36-49(31-45)70(10,11)12)66-59-34-43-21-17-20-39-24-25-40-26-27-52(65(61)66)64(59)63(40)60(39)43/h13-38H,1-12H3. The van der Waals surface area contributed by atoms with Gasteiger partial charge >= 0.3 is 0 Å². The number of hydrogen-bond acceptors (Lipinski definition) is 0. The summed E-state index contributed by atoms with van der Waals surface area (Å²) < 4.78 is 0. The fraction of sp³-hybridized carbons (Fsp3) is 0.229. The van der Waals surface area contributed by atoms with Crippen LogP contribution in [0.1, 0.15) is 105 Å². The molecule has 0 heteroatoms. The van der Waals surface area contributed by atoms with Crippen LogP contribution in [0.4, 0.5) is 0 Å². The Balaban J connectivity index is 1.34. The Hall–Kier alpha value is -7.02. The van der Waals surface area contributed by atoms with Crippen LogP contribution in [0.3, 0.4) is 0 Å². The van der Waals surface area contributed by atoms with Gasteiger partial charge in [0.1, 0.15) is 0 Å². The predicted octanol–water partition coefficient (Wildman–Crippen LogP) is 20.5. The van der Waals surface area contributed by atoms with Crippen molar-refractivity contribution in [3.8, 4) is 44.5 Å². The van der Waals surface area contributed by atoms with E-state index in [-0.39, 0.29) is 21.7 Å². The molecule has 0 bridgehead atoms. The van der Waals surface area contributed by atoms with Gasteiger partial charge in [0.15, 0.2) is 0 Å². The highest BCUT2D eigenvalue weighted by molar-refractivity contribution is 6.37. The van der Waals surface area contributed by atoms with Gasteiger partial charge in [0.05, 0.1) is 0 Å². The van der Waals surface area contributed by atoms with Crippen LogP contribution in [0.5, 0.6) is 0 Å². The van der Waals surface area contributed by atoms with Crippen molar-refractivity contribution >= 4 is 86.2 Å². The molecular formula is C70H62. The third-order valence-electron chi connectivity index (χ3n) is 16.2. The lowest BCUT2D eigenvalue weighted by Gasteiger charge is -2.29. The monoisotopic (exact) mass is 902 g/mol. The van der Waals surface area contributed by atoms with E-state index in [4.69, 9.17) is 0 Å². The third-order valence-corrected chi connectivity index (χ3v) is 16.2. The topological polar surface area (TPSA) is 0 Å². The van der Waals surface area contributed by atoms with E-state index in [2.05, 4.69) is 241 Å². The van der Waals surface area contributed by atoms with E-state index in [1.165, 1.54) is 153 Å². The van der Waals surface area contributed by atoms with E-state index in [1.807, 2.05) is 0 Å². The summed E-state index contributed by atoms with van der Waals surface area (Å²) in [6.07, 6.45) is 0. The SMILES string of the molecule is CC(C)(C)c1cc(-c2c3c(c(-c4cc(C(C)(C)C)cc(C(C)(C)C)c4)c4cc5c6cc7ccccc7cc6c6ccccc6c5cc24)-c2ccc4ccc5cccc6cc-3c2c4c56)cc(C(C)(C)C)c1. The molecule has 0 aliphatic heterocycles. The smallest absolute Gasteiger partial charge is 0.000718 e. The second kappa shape index (κ2) is 14.3. The van der Waals surface area contributed by atoms with E-state index in [0.717, 1.165) is 0 Å². The molecule has 0 atom stereocenters. The van der Waals surface area contributed by atoms with Crippen molar-refractivity contribution in [3.63, 3.8) is 0 Å². The average molecular weight is 903 g/mol. The van der Waals surface area contributed by atoms with Crippen molar-refractivity contribution in [2.24, 2.45) is 0 Å². The Morgan fingerprint density at radius 3 is 1.11 bits per heavy atom. The summed E-state index contributed by atoms with van der Waals surface area (Å²) in [5, 5.41) is 21.0. The van der Waals surface area contributed by atoms with Gasteiger partial charge in [-0.15, -0.1) is 0 Å². The fourth-order valence-electron chi connectivity index (χ4n) is 12.3. The molecule has 70 heavy (non-hydrogen) atoms. The van der Waals surface area contributed by atoms with Gasteiger partial charge in [-0.25, -0.2) is 0 Å². The summed E-state index contributed by atoms with van der Waals surface area (Å²) in [4.78, 5) is 0. The van der Waals surface area contributed by atoms with E-state index in [9.17, 15) is 0 Å². The van der Waals surface area contributed by atoms with Crippen LogP contribution in [-0.2, 0) is 21.7 Å². The molecule has 1 aliphatic rings. The van der Waals surface area contributed by atoms with E-state index < -0.39 is 0 Å². The predicted molar refractivity (Wildman–Crippen MR) is 308 cm³/mol. The first-order valence-corrected chi connectivity index (χ1v) is 25.6. The molecular weight excluding hydrogens is 841 g/mol. The summed E-state index contributed by atoms with van der Waals surface area (Å²) in [6, 6.07) is 62.3. The summed E-state index contributed by atoms with van der Waals surface area (Å²) in [7, 11) is 0. The largest absolute Gasteiger partial charge is 0.0616 e. The van der Waals surface area contributed by atoms with Gasteiger partial charge in [-0.1, -0.05) is 210 Å². The number of benzene rings is 12. The van der Waals surface area contributed by atoms with Gasteiger partial charge in [0, 0.05) is 0 Å². The zero-order valence-corrected chi connectivity index (χ0v) is 43.0. The molecule has 1 aliphatic carbocycles. The Morgan fingerprint density at radius 1 is 0.229 bits per heavy atom. The molecule has 0 N–H and O–H groups in total. The third kappa shape index (κ3) is 6.27.